The molecule has 2 aliphatic rings. The third kappa shape index (κ3) is 2.50. The predicted molar refractivity (Wildman–Crippen MR) is 86.6 cm³/mol. The van der Waals surface area contributed by atoms with Gasteiger partial charge >= 0.3 is 0 Å². The molecule has 0 saturated carbocycles. The first-order valence-corrected chi connectivity index (χ1v) is 8.18. The highest BCUT2D eigenvalue weighted by Gasteiger charge is 2.38. The second-order valence-electron chi connectivity index (χ2n) is 6.46. The summed E-state index contributed by atoms with van der Waals surface area (Å²) in [6, 6.07) is 8.97. The summed E-state index contributed by atoms with van der Waals surface area (Å²) < 4.78 is 1.99. The minimum atomic E-state index is 0.644. The number of rotatable bonds is 3. The molecule has 116 valence electrons. The number of pyridine rings is 1. The van der Waals surface area contributed by atoms with Crippen molar-refractivity contribution in [1.29, 1.82) is 0 Å². The standard InChI is InChI=1S/C17H23N5/c1-20-15(5-9-19-20)12-21-10-6-14-7-11-22(13-16(14)21)17-4-2-3-8-18-17/h2-5,8-9,14,16H,6-7,10-13H2,1H3. The molecule has 2 unspecified atom stereocenters. The van der Waals surface area contributed by atoms with Gasteiger partial charge in [-0.25, -0.2) is 4.98 Å². The Balaban J connectivity index is 1.49. The molecular weight excluding hydrogens is 274 g/mol. The number of hydrogen-bond donors (Lipinski definition) is 0. The smallest absolute Gasteiger partial charge is 0.128 e. The van der Waals surface area contributed by atoms with Gasteiger partial charge < -0.3 is 4.90 Å². The van der Waals surface area contributed by atoms with E-state index in [-0.39, 0.29) is 0 Å². The Bertz CT molecular complexity index is 623. The summed E-state index contributed by atoms with van der Waals surface area (Å²) >= 11 is 0. The number of aryl methyl sites for hydroxylation is 1. The van der Waals surface area contributed by atoms with Gasteiger partial charge in [0.05, 0.1) is 5.69 Å². The lowest BCUT2D eigenvalue weighted by atomic mass is 9.92. The second kappa shape index (κ2) is 5.72. The molecule has 22 heavy (non-hydrogen) atoms. The number of anilines is 1. The van der Waals surface area contributed by atoms with Crippen LogP contribution >= 0.6 is 0 Å². The number of hydrogen-bond acceptors (Lipinski definition) is 4. The summed E-state index contributed by atoms with van der Waals surface area (Å²) in [5, 5.41) is 4.29. The summed E-state index contributed by atoms with van der Waals surface area (Å²) in [5.74, 6) is 1.96. The van der Waals surface area contributed by atoms with Gasteiger partial charge in [-0.15, -0.1) is 0 Å². The van der Waals surface area contributed by atoms with E-state index in [0.717, 1.165) is 31.4 Å². The van der Waals surface area contributed by atoms with Crippen LogP contribution in [0.25, 0.3) is 0 Å². The third-order valence-corrected chi connectivity index (χ3v) is 5.24. The normalized spacial score (nSPS) is 25.4. The van der Waals surface area contributed by atoms with Crippen molar-refractivity contribution < 1.29 is 0 Å². The topological polar surface area (TPSA) is 37.2 Å². The van der Waals surface area contributed by atoms with Crippen molar-refractivity contribution in [1.82, 2.24) is 19.7 Å². The molecule has 0 aromatic carbocycles. The third-order valence-electron chi connectivity index (χ3n) is 5.24. The Labute approximate surface area is 131 Å². The molecule has 2 aromatic rings. The van der Waals surface area contributed by atoms with Gasteiger partial charge in [0.2, 0.25) is 0 Å². The molecule has 5 heteroatoms. The molecule has 5 nitrogen and oxygen atoms in total. The molecule has 0 aliphatic carbocycles. The lowest BCUT2D eigenvalue weighted by Gasteiger charge is -2.39. The van der Waals surface area contributed by atoms with Crippen LogP contribution in [0.2, 0.25) is 0 Å². The molecule has 2 aliphatic heterocycles. The monoisotopic (exact) mass is 297 g/mol. The number of piperidine rings is 1. The number of nitrogens with zero attached hydrogens (tertiary/aromatic N) is 5. The highest BCUT2D eigenvalue weighted by Crippen LogP contribution is 2.33. The lowest BCUT2D eigenvalue weighted by molar-refractivity contribution is 0.196. The van der Waals surface area contributed by atoms with Crippen LogP contribution in [-0.2, 0) is 13.6 Å². The van der Waals surface area contributed by atoms with Crippen molar-refractivity contribution in [2.75, 3.05) is 24.5 Å². The van der Waals surface area contributed by atoms with Crippen molar-refractivity contribution in [3.8, 4) is 0 Å². The van der Waals surface area contributed by atoms with Crippen molar-refractivity contribution in [3.05, 3.63) is 42.4 Å². The largest absolute Gasteiger partial charge is 0.355 e. The van der Waals surface area contributed by atoms with Gasteiger partial charge in [-0.3, -0.25) is 9.58 Å². The number of fused-ring (bicyclic) bond motifs is 1. The van der Waals surface area contributed by atoms with Crippen molar-refractivity contribution in [3.63, 3.8) is 0 Å². The van der Waals surface area contributed by atoms with Crippen LogP contribution in [0.1, 0.15) is 18.5 Å². The molecule has 4 rings (SSSR count). The molecular formula is C17H23N5. The summed E-state index contributed by atoms with van der Waals surface area (Å²) in [6.45, 7) is 4.45. The molecule has 2 atom stereocenters. The Kier molecular flexibility index (Phi) is 3.58. The average Bonchev–Trinajstić information content (AvgIpc) is 3.15. The van der Waals surface area contributed by atoms with Gasteiger partial charge in [-0.05, 0) is 43.5 Å². The van der Waals surface area contributed by atoms with E-state index in [2.05, 4.69) is 38.1 Å². The van der Waals surface area contributed by atoms with Crippen LogP contribution in [0.15, 0.2) is 36.7 Å². The molecule has 0 N–H and O–H groups in total. The van der Waals surface area contributed by atoms with Crippen LogP contribution in [0, 0.1) is 5.92 Å². The molecule has 2 saturated heterocycles. The van der Waals surface area contributed by atoms with Crippen LogP contribution in [0.5, 0.6) is 0 Å². The van der Waals surface area contributed by atoms with Crippen LogP contribution < -0.4 is 4.90 Å². The van der Waals surface area contributed by atoms with Crippen molar-refractivity contribution in [2.24, 2.45) is 13.0 Å². The predicted octanol–water partition coefficient (Wildman–Crippen LogP) is 1.92. The Hall–Kier alpha value is -1.88. The molecule has 2 fully saturated rings. The van der Waals surface area contributed by atoms with Crippen LogP contribution in [0.3, 0.4) is 0 Å². The van der Waals surface area contributed by atoms with Crippen LogP contribution in [0.4, 0.5) is 5.82 Å². The lowest BCUT2D eigenvalue weighted by Crippen LogP contribution is -2.48. The van der Waals surface area contributed by atoms with E-state index in [1.165, 1.54) is 25.1 Å². The van der Waals surface area contributed by atoms with E-state index < -0.39 is 0 Å². The van der Waals surface area contributed by atoms with Gasteiger partial charge in [0.15, 0.2) is 0 Å². The first-order chi connectivity index (χ1) is 10.8. The molecule has 2 aromatic heterocycles. The summed E-state index contributed by atoms with van der Waals surface area (Å²) in [5.41, 5.74) is 1.30. The van der Waals surface area contributed by atoms with Gasteiger partial charge in [-0.1, -0.05) is 6.07 Å². The van der Waals surface area contributed by atoms with Crippen molar-refractivity contribution in [2.45, 2.75) is 25.4 Å². The molecule has 0 radical (unpaired) electrons. The molecule has 4 heterocycles. The summed E-state index contributed by atoms with van der Waals surface area (Å²) in [7, 11) is 2.03. The quantitative estimate of drug-likeness (QED) is 0.867. The Morgan fingerprint density at radius 3 is 2.82 bits per heavy atom. The van der Waals surface area contributed by atoms with Gasteiger partial charge in [0.25, 0.3) is 0 Å². The maximum Gasteiger partial charge on any atom is 0.128 e. The first kappa shape index (κ1) is 13.8. The highest BCUT2D eigenvalue weighted by molar-refractivity contribution is 5.39. The van der Waals surface area contributed by atoms with Gasteiger partial charge in [0.1, 0.15) is 5.82 Å². The van der Waals surface area contributed by atoms with E-state index in [0.29, 0.717) is 6.04 Å². The second-order valence-corrected chi connectivity index (χ2v) is 6.46. The van der Waals surface area contributed by atoms with E-state index in [4.69, 9.17) is 0 Å². The zero-order valence-corrected chi connectivity index (χ0v) is 13.1. The fourth-order valence-electron chi connectivity index (χ4n) is 3.94. The summed E-state index contributed by atoms with van der Waals surface area (Å²) in [6.07, 6.45) is 6.40. The van der Waals surface area contributed by atoms with E-state index in [1.807, 2.05) is 30.2 Å². The van der Waals surface area contributed by atoms with Gasteiger partial charge in [-0.2, -0.15) is 5.10 Å². The van der Waals surface area contributed by atoms with Crippen LogP contribution in [-0.4, -0.2) is 45.3 Å². The van der Waals surface area contributed by atoms with E-state index in [1.54, 1.807) is 0 Å². The molecule has 0 bridgehead atoms. The van der Waals surface area contributed by atoms with E-state index in [9.17, 15) is 0 Å². The maximum absolute atomic E-state index is 4.52. The molecule has 0 spiro atoms. The summed E-state index contributed by atoms with van der Waals surface area (Å²) in [4.78, 5) is 9.61. The SMILES string of the molecule is Cn1nccc1CN1CCC2CCN(c3ccccn3)CC21. The minimum absolute atomic E-state index is 0.644. The van der Waals surface area contributed by atoms with E-state index >= 15 is 0 Å². The minimum Gasteiger partial charge on any atom is -0.355 e. The maximum atomic E-state index is 4.52. The number of aromatic nitrogens is 3. The molecule has 0 amide bonds. The average molecular weight is 297 g/mol. The number of likely N-dealkylation sites (tertiary alicyclic amines) is 1. The zero-order chi connectivity index (χ0) is 14.9. The first-order valence-electron chi connectivity index (χ1n) is 8.18. The Morgan fingerprint density at radius 2 is 2.05 bits per heavy atom. The Morgan fingerprint density at radius 1 is 1.14 bits per heavy atom. The fourth-order valence-corrected chi connectivity index (χ4v) is 3.94. The van der Waals surface area contributed by atoms with Gasteiger partial charge in [0, 0.05) is 45.1 Å². The fraction of sp³-hybridized carbons (Fsp3) is 0.529. The highest BCUT2D eigenvalue weighted by atomic mass is 15.3. The van der Waals surface area contributed by atoms with Crippen molar-refractivity contribution >= 4 is 5.82 Å². The zero-order valence-electron chi connectivity index (χ0n) is 13.1.